The molecule has 9 nitrogen and oxygen atoms in total. The molecule has 1 fully saturated rings. The van der Waals surface area contributed by atoms with Crippen LogP contribution in [0.4, 0.5) is 16.0 Å². The van der Waals surface area contributed by atoms with Gasteiger partial charge in [0.1, 0.15) is 5.56 Å². The first-order valence-electron chi connectivity index (χ1n) is 9.89. The quantitative estimate of drug-likeness (QED) is 0.617. The summed E-state index contributed by atoms with van der Waals surface area (Å²) in [5, 5.41) is 6.06. The number of rotatable bonds is 5. The van der Waals surface area contributed by atoms with Gasteiger partial charge in [-0.15, -0.1) is 12.4 Å². The fraction of sp³-hybridized carbons (Fsp3) is 0.400. The molecule has 11 heteroatoms. The Balaban J connectivity index is 0.00000272. The van der Waals surface area contributed by atoms with E-state index in [-0.39, 0.29) is 29.5 Å². The van der Waals surface area contributed by atoms with Crippen molar-refractivity contribution < 1.29 is 13.9 Å². The van der Waals surface area contributed by atoms with Gasteiger partial charge in [0.25, 0.3) is 5.91 Å². The first-order valence-corrected chi connectivity index (χ1v) is 9.89. The lowest BCUT2D eigenvalue weighted by atomic mass is 10.2. The molecule has 1 atom stereocenters. The van der Waals surface area contributed by atoms with Gasteiger partial charge in [-0.05, 0) is 20.8 Å². The number of carbonyl (C=O) groups is 1. The third kappa shape index (κ3) is 4.86. The molecule has 0 unspecified atom stereocenters. The largest absolute Gasteiger partial charge is 0.477 e. The van der Waals surface area contributed by atoms with Crippen LogP contribution in [0.2, 0.25) is 0 Å². The number of carbonyl (C=O) groups excluding carboxylic acids is 1. The van der Waals surface area contributed by atoms with E-state index in [1.165, 1.54) is 16.7 Å². The van der Waals surface area contributed by atoms with Gasteiger partial charge in [-0.25, -0.2) is 14.4 Å². The van der Waals surface area contributed by atoms with Crippen LogP contribution in [0.1, 0.15) is 29.9 Å². The molecule has 4 heterocycles. The van der Waals surface area contributed by atoms with E-state index in [9.17, 15) is 9.18 Å². The summed E-state index contributed by atoms with van der Waals surface area (Å²) in [4.78, 5) is 27.9. The van der Waals surface area contributed by atoms with E-state index < -0.39 is 11.7 Å². The molecule has 3 aromatic heterocycles. The first-order chi connectivity index (χ1) is 14.4. The first kappa shape index (κ1) is 22.7. The minimum absolute atomic E-state index is 0. The van der Waals surface area contributed by atoms with Crippen LogP contribution in [0.5, 0.6) is 5.88 Å². The van der Waals surface area contributed by atoms with Crippen LogP contribution in [-0.2, 0) is 0 Å². The minimum Gasteiger partial charge on any atom is -0.477 e. The van der Waals surface area contributed by atoms with Gasteiger partial charge < -0.3 is 24.7 Å². The van der Waals surface area contributed by atoms with Crippen LogP contribution >= 0.6 is 12.4 Å². The van der Waals surface area contributed by atoms with Crippen molar-refractivity contribution in [3.8, 4) is 5.88 Å². The summed E-state index contributed by atoms with van der Waals surface area (Å²) < 4.78 is 21.5. The summed E-state index contributed by atoms with van der Waals surface area (Å²) in [6.45, 7) is 8.40. The Kier molecular flexibility index (Phi) is 6.91. The Labute approximate surface area is 185 Å². The van der Waals surface area contributed by atoms with Crippen molar-refractivity contribution in [2.75, 3.05) is 36.5 Å². The van der Waals surface area contributed by atoms with Gasteiger partial charge in [-0.1, -0.05) is 0 Å². The number of pyridine rings is 1. The zero-order valence-electron chi connectivity index (χ0n) is 17.6. The minimum atomic E-state index is -0.523. The highest BCUT2D eigenvalue weighted by molar-refractivity contribution is 6.05. The number of hydrogen-bond donors (Lipinski definition) is 2. The number of hydrogen-bond acceptors (Lipinski definition) is 7. The second kappa shape index (κ2) is 9.44. The number of imidazole rings is 1. The zero-order valence-corrected chi connectivity index (χ0v) is 18.4. The van der Waals surface area contributed by atoms with Gasteiger partial charge in [0.2, 0.25) is 11.8 Å². The summed E-state index contributed by atoms with van der Waals surface area (Å²) in [6, 6.07) is 1.55. The maximum absolute atomic E-state index is 14.3. The van der Waals surface area contributed by atoms with E-state index in [1.54, 1.807) is 19.3 Å². The van der Waals surface area contributed by atoms with Crippen molar-refractivity contribution in [2.24, 2.45) is 0 Å². The maximum Gasteiger partial charge on any atom is 0.262 e. The predicted octanol–water partition coefficient (Wildman–Crippen LogP) is 2.44. The number of ether oxygens (including phenoxy) is 1. The number of aromatic nitrogens is 4. The molecule has 0 aromatic carbocycles. The van der Waals surface area contributed by atoms with Crippen LogP contribution in [-0.4, -0.2) is 57.5 Å². The van der Waals surface area contributed by atoms with Crippen molar-refractivity contribution in [3.63, 3.8) is 0 Å². The van der Waals surface area contributed by atoms with Gasteiger partial charge in [-0.2, -0.15) is 4.98 Å². The Morgan fingerprint density at radius 3 is 2.94 bits per heavy atom. The van der Waals surface area contributed by atoms with Crippen molar-refractivity contribution in [1.29, 1.82) is 0 Å². The lowest BCUT2D eigenvalue weighted by Crippen LogP contribution is -2.49. The van der Waals surface area contributed by atoms with Crippen LogP contribution in [0.15, 0.2) is 24.7 Å². The molecule has 0 bridgehead atoms. The third-order valence-corrected chi connectivity index (χ3v) is 4.80. The molecule has 166 valence electrons. The monoisotopic (exact) mass is 449 g/mol. The maximum atomic E-state index is 14.3. The van der Waals surface area contributed by atoms with E-state index in [0.717, 1.165) is 19.6 Å². The number of nitrogens with zero attached hydrogens (tertiary/aromatic N) is 5. The topological polar surface area (TPSA) is 96.7 Å². The molecule has 1 saturated heterocycles. The Hall–Kier alpha value is -2.98. The summed E-state index contributed by atoms with van der Waals surface area (Å²) in [5.74, 6) is -0.282. The fourth-order valence-corrected chi connectivity index (χ4v) is 3.47. The van der Waals surface area contributed by atoms with Crippen molar-refractivity contribution in [3.05, 3.63) is 41.7 Å². The standard InChI is InChI=1S/C20H24FN7O2.ClH/c1-4-30-19-15(8-23-20(26-19)27-6-5-22-12(2)9-27)18(29)25-14-7-16(21)17-24-13(3)10-28(17)11-14;/h7-8,10-12,22H,4-6,9H2,1-3H3,(H,25,29);1H/t12-;/m1./s1. The third-order valence-electron chi connectivity index (χ3n) is 4.80. The lowest BCUT2D eigenvalue weighted by Gasteiger charge is -2.32. The molecular weight excluding hydrogens is 425 g/mol. The molecule has 0 saturated carbocycles. The van der Waals surface area contributed by atoms with Crippen molar-refractivity contribution >= 4 is 35.6 Å². The second-order valence-corrected chi connectivity index (χ2v) is 7.27. The predicted molar refractivity (Wildman–Crippen MR) is 118 cm³/mol. The highest BCUT2D eigenvalue weighted by Gasteiger charge is 2.22. The summed E-state index contributed by atoms with van der Waals surface area (Å²) in [7, 11) is 0. The number of amides is 1. The SMILES string of the molecule is CCOc1nc(N2CCN[C@H](C)C2)ncc1C(=O)Nc1cc(F)c2nc(C)cn2c1.Cl. The molecule has 1 amide bonds. The number of aryl methyl sites for hydroxylation is 1. The number of halogens is 2. The van der Waals surface area contributed by atoms with Gasteiger partial charge >= 0.3 is 0 Å². The summed E-state index contributed by atoms with van der Waals surface area (Å²) >= 11 is 0. The van der Waals surface area contributed by atoms with Gasteiger partial charge in [0.15, 0.2) is 11.5 Å². The number of nitrogens with one attached hydrogen (secondary N) is 2. The highest BCUT2D eigenvalue weighted by atomic mass is 35.5. The molecule has 0 aliphatic carbocycles. The van der Waals surface area contributed by atoms with Crippen LogP contribution in [0, 0.1) is 12.7 Å². The summed E-state index contributed by atoms with van der Waals surface area (Å²) in [5.41, 5.74) is 1.37. The molecule has 1 aliphatic heterocycles. The van der Waals surface area contributed by atoms with Crippen molar-refractivity contribution in [1.82, 2.24) is 24.7 Å². The Bertz CT molecular complexity index is 1090. The van der Waals surface area contributed by atoms with Crippen molar-refractivity contribution in [2.45, 2.75) is 26.8 Å². The van der Waals surface area contributed by atoms with E-state index in [1.807, 2.05) is 6.92 Å². The fourth-order valence-electron chi connectivity index (χ4n) is 3.47. The normalized spacial score (nSPS) is 16.1. The Morgan fingerprint density at radius 1 is 1.39 bits per heavy atom. The van der Waals surface area contributed by atoms with Gasteiger partial charge in [0, 0.05) is 50.3 Å². The molecule has 31 heavy (non-hydrogen) atoms. The van der Waals surface area contributed by atoms with E-state index in [2.05, 4.69) is 37.4 Å². The lowest BCUT2D eigenvalue weighted by molar-refractivity contribution is 0.102. The highest BCUT2D eigenvalue weighted by Crippen LogP contribution is 2.22. The van der Waals surface area contributed by atoms with Crippen LogP contribution in [0.3, 0.4) is 0 Å². The van der Waals surface area contributed by atoms with E-state index >= 15 is 0 Å². The molecule has 2 N–H and O–H groups in total. The van der Waals surface area contributed by atoms with Crippen LogP contribution < -0.4 is 20.3 Å². The van der Waals surface area contributed by atoms with Gasteiger partial charge in [0.05, 0.1) is 18.0 Å². The molecule has 3 aromatic rings. The van der Waals surface area contributed by atoms with E-state index in [4.69, 9.17) is 4.74 Å². The second-order valence-electron chi connectivity index (χ2n) is 7.27. The molecular formula is C20H25ClFN7O2. The number of piperazine rings is 1. The van der Waals surface area contributed by atoms with E-state index in [0.29, 0.717) is 30.0 Å². The molecule has 4 rings (SSSR count). The molecule has 1 aliphatic rings. The molecule has 0 radical (unpaired) electrons. The zero-order chi connectivity index (χ0) is 21.3. The average Bonchev–Trinajstić information content (AvgIpc) is 3.09. The number of fused-ring (bicyclic) bond motifs is 1. The van der Waals surface area contributed by atoms with Crippen LogP contribution in [0.25, 0.3) is 5.65 Å². The summed E-state index contributed by atoms with van der Waals surface area (Å²) in [6.07, 6.45) is 4.74. The average molecular weight is 450 g/mol. The van der Waals surface area contributed by atoms with Gasteiger partial charge in [-0.3, -0.25) is 4.79 Å². The molecule has 0 spiro atoms. The number of anilines is 2. The smallest absolute Gasteiger partial charge is 0.262 e. The Morgan fingerprint density at radius 2 is 2.19 bits per heavy atom.